The molecule has 0 aromatic heterocycles. The van der Waals surface area contributed by atoms with Crippen LogP contribution in [0.2, 0.25) is 0 Å². The fraction of sp³-hybridized carbons (Fsp3) is 0.867. The van der Waals surface area contributed by atoms with Gasteiger partial charge < -0.3 is 10.1 Å². The molecule has 1 amide bonds. The number of hydrogen-bond acceptors (Lipinski definition) is 3. The first-order valence-electron chi connectivity index (χ1n) is 7.02. The van der Waals surface area contributed by atoms with E-state index in [0.29, 0.717) is 26.0 Å². The van der Waals surface area contributed by atoms with Crippen molar-refractivity contribution in [3.8, 4) is 0 Å². The molecule has 0 heterocycles. The number of ketones is 1. The van der Waals surface area contributed by atoms with Crippen LogP contribution in [0.25, 0.3) is 0 Å². The molecule has 0 unspecified atom stereocenters. The van der Waals surface area contributed by atoms with Crippen molar-refractivity contribution in [3.63, 3.8) is 0 Å². The summed E-state index contributed by atoms with van der Waals surface area (Å²) in [4.78, 5) is 22.5. The van der Waals surface area contributed by atoms with Crippen LogP contribution in [0.4, 0.5) is 0 Å². The fourth-order valence-electron chi connectivity index (χ4n) is 1.46. The van der Waals surface area contributed by atoms with Gasteiger partial charge in [0.05, 0.1) is 5.60 Å². The molecule has 0 aliphatic heterocycles. The highest BCUT2D eigenvalue weighted by atomic mass is 16.5. The molecule has 112 valence electrons. The predicted octanol–water partition coefficient (Wildman–Crippen LogP) is 2.70. The molecule has 0 aromatic rings. The van der Waals surface area contributed by atoms with Crippen LogP contribution in [-0.4, -0.2) is 30.4 Å². The Labute approximate surface area is 117 Å². The van der Waals surface area contributed by atoms with Crippen LogP contribution in [-0.2, 0) is 14.3 Å². The van der Waals surface area contributed by atoms with Crippen molar-refractivity contribution in [1.29, 1.82) is 0 Å². The van der Waals surface area contributed by atoms with Crippen LogP contribution in [0, 0.1) is 5.41 Å². The third kappa shape index (κ3) is 7.98. The van der Waals surface area contributed by atoms with Gasteiger partial charge in [-0.15, -0.1) is 0 Å². The van der Waals surface area contributed by atoms with Crippen LogP contribution < -0.4 is 5.32 Å². The summed E-state index contributed by atoms with van der Waals surface area (Å²) < 4.78 is 5.83. The zero-order valence-corrected chi connectivity index (χ0v) is 13.3. The normalized spacial score (nSPS) is 12.3. The Bertz CT molecular complexity index is 309. The smallest absolute Gasteiger partial charge is 0.219 e. The second-order valence-electron chi connectivity index (χ2n) is 6.25. The van der Waals surface area contributed by atoms with E-state index in [1.165, 1.54) is 0 Å². The van der Waals surface area contributed by atoms with Gasteiger partial charge in [-0.3, -0.25) is 9.59 Å². The van der Waals surface area contributed by atoms with E-state index in [0.717, 1.165) is 6.42 Å². The average Bonchev–Trinajstić information content (AvgIpc) is 2.27. The number of ether oxygens (including phenoxy) is 1. The van der Waals surface area contributed by atoms with Gasteiger partial charge in [0.25, 0.3) is 0 Å². The van der Waals surface area contributed by atoms with Gasteiger partial charge in [-0.1, -0.05) is 20.8 Å². The maximum absolute atomic E-state index is 11.4. The van der Waals surface area contributed by atoms with E-state index in [1.54, 1.807) is 6.92 Å². The fourth-order valence-corrected chi connectivity index (χ4v) is 1.46. The molecule has 0 bridgehead atoms. The summed E-state index contributed by atoms with van der Waals surface area (Å²) >= 11 is 0. The summed E-state index contributed by atoms with van der Waals surface area (Å²) in [6.07, 6.45) is 1.99. The molecule has 0 fully saturated rings. The van der Waals surface area contributed by atoms with Crippen LogP contribution in [0.5, 0.6) is 0 Å². The van der Waals surface area contributed by atoms with Crippen molar-refractivity contribution in [2.75, 3.05) is 13.2 Å². The van der Waals surface area contributed by atoms with E-state index in [9.17, 15) is 9.59 Å². The number of carbonyl (C=O) groups excluding carboxylic acids is 2. The third-order valence-electron chi connectivity index (χ3n) is 3.54. The molecular formula is C15H29NO3. The third-order valence-corrected chi connectivity index (χ3v) is 3.54. The number of amides is 1. The first kappa shape index (κ1) is 18.1. The van der Waals surface area contributed by atoms with Crippen molar-refractivity contribution in [2.24, 2.45) is 5.41 Å². The lowest BCUT2D eigenvalue weighted by molar-refractivity contribution is -0.127. The van der Waals surface area contributed by atoms with E-state index in [-0.39, 0.29) is 22.7 Å². The summed E-state index contributed by atoms with van der Waals surface area (Å²) in [7, 11) is 0. The van der Waals surface area contributed by atoms with Gasteiger partial charge in [0, 0.05) is 25.0 Å². The Hall–Kier alpha value is -0.900. The minimum absolute atomic E-state index is 0.0634. The molecule has 0 spiro atoms. The zero-order chi connectivity index (χ0) is 15.1. The second kappa shape index (κ2) is 7.63. The van der Waals surface area contributed by atoms with E-state index >= 15 is 0 Å². The molecule has 19 heavy (non-hydrogen) atoms. The molecule has 1 N–H and O–H groups in total. The largest absolute Gasteiger partial charge is 0.375 e. The van der Waals surface area contributed by atoms with Gasteiger partial charge in [-0.25, -0.2) is 0 Å². The van der Waals surface area contributed by atoms with Gasteiger partial charge in [-0.2, -0.15) is 0 Å². The summed E-state index contributed by atoms with van der Waals surface area (Å²) in [5.74, 6) is 0.248. The van der Waals surface area contributed by atoms with Gasteiger partial charge >= 0.3 is 0 Å². The summed E-state index contributed by atoms with van der Waals surface area (Å²) in [5, 5.41) is 2.84. The van der Waals surface area contributed by atoms with Crippen LogP contribution >= 0.6 is 0 Å². The summed E-state index contributed by atoms with van der Waals surface area (Å²) in [6.45, 7) is 12.5. The molecule has 0 radical (unpaired) electrons. The Kier molecular flexibility index (Phi) is 7.27. The average molecular weight is 271 g/mol. The second-order valence-corrected chi connectivity index (χ2v) is 6.25. The topological polar surface area (TPSA) is 55.4 Å². The monoisotopic (exact) mass is 271 g/mol. The molecule has 4 nitrogen and oxygen atoms in total. The molecular weight excluding hydrogens is 242 g/mol. The molecule has 0 aliphatic rings. The highest BCUT2D eigenvalue weighted by Gasteiger charge is 2.25. The SMILES string of the molecule is CCC(=O)NCCC(C)(C)OCCC(C)(C)C(C)=O. The molecule has 0 rings (SSSR count). The lowest BCUT2D eigenvalue weighted by Gasteiger charge is -2.28. The van der Waals surface area contributed by atoms with Crippen molar-refractivity contribution < 1.29 is 14.3 Å². The van der Waals surface area contributed by atoms with Crippen molar-refractivity contribution in [1.82, 2.24) is 5.32 Å². The Morgan fingerprint density at radius 3 is 2.16 bits per heavy atom. The molecule has 0 saturated carbocycles. The molecule has 0 aromatic carbocycles. The van der Waals surface area contributed by atoms with E-state index < -0.39 is 0 Å². The standard InChI is InChI=1S/C15H29NO3/c1-7-13(18)16-10-8-15(5,6)19-11-9-14(3,4)12(2)17/h7-11H2,1-6H3,(H,16,18). The van der Waals surface area contributed by atoms with Crippen molar-refractivity contribution >= 4 is 11.7 Å². The number of carbonyl (C=O) groups is 2. The minimum Gasteiger partial charge on any atom is -0.375 e. The highest BCUT2D eigenvalue weighted by Crippen LogP contribution is 2.23. The van der Waals surface area contributed by atoms with Crippen molar-refractivity contribution in [2.45, 2.75) is 66.4 Å². The minimum atomic E-state index is -0.327. The molecule has 4 heteroatoms. The maximum Gasteiger partial charge on any atom is 0.219 e. The predicted molar refractivity (Wildman–Crippen MR) is 77.0 cm³/mol. The Morgan fingerprint density at radius 1 is 1.11 bits per heavy atom. The van der Waals surface area contributed by atoms with Gasteiger partial charge in [0.1, 0.15) is 5.78 Å². The number of hydrogen-bond donors (Lipinski definition) is 1. The number of rotatable bonds is 9. The van der Waals surface area contributed by atoms with E-state index in [4.69, 9.17) is 4.74 Å². The zero-order valence-electron chi connectivity index (χ0n) is 13.3. The number of Topliss-reactive ketones (excluding diaryl/α,β-unsaturated/α-hetero) is 1. The Balaban J connectivity index is 3.97. The quantitative estimate of drug-likeness (QED) is 0.701. The lowest BCUT2D eigenvalue weighted by Crippen LogP contribution is -2.34. The van der Waals surface area contributed by atoms with Gasteiger partial charge in [-0.05, 0) is 33.6 Å². The maximum atomic E-state index is 11.4. The van der Waals surface area contributed by atoms with Crippen LogP contribution in [0.15, 0.2) is 0 Å². The van der Waals surface area contributed by atoms with Gasteiger partial charge in [0.2, 0.25) is 5.91 Å². The van der Waals surface area contributed by atoms with E-state index in [1.807, 2.05) is 34.6 Å². The summed E-state index contributed by atoms with van der Waals surface area (Å²) in [5.41, 5.74) is -0.611. The molecule has 0 aliphatic carbocycles. The first-order chi connectivity index (χ1) is 8.60. The van der Waals surface area contributed by atoms with Crippen LogP contribution in [0.1, 0.15) is 60.8 Å². The van der Waals surface area contributed by atoms with Crippen molar-refractivity contribution in [3.05, 3.63) is 0 Å². The van der Waals surface area contributed by atoms with Gasteiger partial charge in [0.15, 0.2) is 0 Å². The molecule has 0 atom stereocenters. The highest BCUT2D eigenvalue weighted by molar-refractivity contribution is 5.81. The number of nitrogens with one attached hydrogen (secondary N) is 1. The van der Waals surface area contributed by atoms with E-state index in [2.05, 4.69) is 5.32 Å². The lowest BCUT2D eigenvalue weighted by atomic mass is 9.86. The molecule has 0 saturated heterocycles. The Morgan fingerprint density at radius 2 is 1.68 bits per heavy atom. The van der Waals surface area contributed by atoms with Crippen LogP contribution in [0.3, 0.4) is 0 Å². The first-order valence-corrected chi connectivity index (χ1v) is 7.02. The summed E-state index contributed by atoms with van der Waals surface area (Å²) in [6, 6.07) is 0.